The van der Waals surface area contributed by atoms with Crippen LogP contribution < -0.4 is 10.1 Å². The van der Waals surface area contributed by atoms with Crippen molar-refractivity contribution in [3.05, 3.63) is 65.5 Å². The Morgan fingerprint density at radius 3 is 2.82 bits per heavy atom. The van der Waals surface area contributed by atoms with E-state index in [2.05, 4.69) is 5.32 Å². The summed E-state index contributed by atoms with van der Waals surface area (Å²) in [4.78, 5) is 0. The van der Waals surface area contributed by atoms with Gasteiger partial charge in [0.05, 0.1) is 0 Å². The van der Waals surface area contributed by atoms with Crippen LogP contribution in [0.2, 0.25) is 0 Å². The molecule has 0 aromatic heterocycles. The molecule has 3 nitrogen and oxygen atoms in total. The highest BCUT2D eigenvalue weighted by Gasteiger charge is 2.36. The first-order valence-electron chi connectivity index (χ1n) is 7.51. The van der Waals surface area contributed by atoms with Crippen molar-refractivity contribution in [3.63, 3.8) is 0 Å². The monoisotopic (exact) mass is 301 g/mol. The van der Waals surface area contributed by atoms with Crippen molar-refractivity contribution in [1.82, 2.24) is 5.32 Å². The lowest BCUT2D eigenvalue weighted by Crippen LogP contribution is -2.55. The molecule has 0 amide bonds. The summed E-state index contributed by atoms with van der Waals surface area (Å²) in [6.45, 7) is 2.28. The average molecular weight is 301 g/mol. The van der Waals surface area contributed by atoms with Crippen molar-refractivity contribution in [2.24, 2.45) is 0 Å². The van der Waals surface area contributed by atoms with E-state index in [0.717, 1.165) is 11.1 Å². The zero-order valence-electron chi connectivity index (χ0n) is 12.6. The maximum Gasteiger partial charge on any atom is 0.150 e. The molecule has 0 fully saturated rings. The summed E-state index contributed by atoms with van der Waals surface area (Å²) in [5, 5.41) is 13.8. The number of ether oxygens (including phenoxy) is 1. The van der Waals surface area contributed by atoms with Gasteiger partial charge in [-0.15, -0.1) is 0 Å². The number of benzene rings is 2. The Morgan fingerprint density at radius 2 is 2.05 bits per heavy atom. The Hall–Kier alpha value is -1.91. The SMILES string of the molecule is CC(O)(NCc1ccccc1)[C@@H]1CCc2cc(F)ccc2O1. The molecule has 0 aliphatic carbocycles. The van der Waals surface area contributed by atoms with Crippen LogP contribution in [-0.2, 0) is 13.0 Å². The molecule has 1 aliphatic heterocycles. The Balaban J connectivity index is 1.67. The summed E-state index contributed by atoms with van der Waals surface area (Å²) < 4.78 is 19.1. The van der Waals surface area contributed by atoms with Crippen LogP contribution >= 0.6 is 0 Å². The summed E-state index contributed by atoms with van der Waals surface area (Å²) >= 11 is 0. The van der Waals surface area contributed by atoms with Gasteiger partial charge in [-0.2, -0.15) is 0 Å². The predicted molar refractivity (Wildman–Crippen MR) is 83.0 cm³/mol. The molecule has 2 atom stereocenters. The van der Waals surface area contributed by atoms with E-state index in [1.807, 2.05) is 30.3 Å². The first-order chi connectivity index (χ1) is 10.5. The minimum Gasteiger partial charge on any atom is -0.486 e. The quantitative estimate of drug-likeness (QED) is 0.853. The number of hydrogen-bond donors (Lipinski definition) is 2. The van der Waals surface area contributed by atoms with E-state index in [4.69, 9.17) is 4.74 Å². The second-order valence-electron chi connectivity index (χ2n) is 5.88. The maximum atomic E-state index is 13.2. The zero-order valence-corrected chi connectivity index (χ0v) is 12.6. The largest absolute Gasteiger partial charge is 0.486 e. The molecule has 0 saturated carbocycles. The van der Waals surface area contributed by atoms with Gasteiger partial charge in [-0.25, -0.2) is 4.39 Å². The lowest BCUT2D eigenvalue weighted by atomic mass is 9.96. The van der Waals surface area contributed by atoms with E-state index in [9.17, 15) is 9.50 Å². The van der Waals surface area contributed by atoms with Crippen LogP contribution in [0.1, 0.15) is 24.5 Å². The Morgan fingerprint density at radius 1 is 1.27 bits per heavy atom. The van der Waals surface area contributed by atoms with Crippen molar-refractivity contribution in [3.8, 4) is 5.75 Å². The Kier molecular flexibility index (Phi) is 4.14. The van der Waals surface area contributed by atoms with Crippen molar-refractivity contribution in [2.45, 2.75) is 38.1 Å². The van der Waals surface area contributed by atoms with Crippen molar-refractivity contribution in [1.29, 1.82) is 0 Å². The molecular weight excluding hydrogens is 281 g/mol. The van der Waals surface area contributed by atoms with Crippen LogP contribution in [0.15, 0.2) is 48.5 Å². The topological polar surface area (TPSA) is 41.5 Å². The second-order valence-corrected chi connectivity index (χ2v) is 5.88. The number of fused-ring (bicyclic) bond motifs is 1. The van der Waals surface area contributed by atoms with Crippen molar-refractivity contribution >= 4 is 0 Å². The molecule has 2 aromatic carbocycles. The highest BCUT2D eigenvalue weighted by atomic mass is 19.1. The van der Waals surface area contributed by atoms with E-state index in [-0.39, 0.29) is 11.9 Å². The lowest BCUT2D eigenvalue weighted by Gasteiger charge is -2.37. The zero-order chi connectivity index (χ0) is 15.6. The average Bonchev–Trinajstić information content (AvgIpc) is 2.53. The van der Waals surface area contributed by atoms with Gasteiger partial charge in [0.25, 0.3) is 0 Å². The van der Waals surface area contributed by atoms with E-state index in [0.29, 0.717) is 25.1 Å². The van der Waals surface area contributed by atoms with Gasteiger partial charge in [0, 0.05) is 6.54 Å². The van der Waals surface area contributed by atoms with Gasteiger partial charge in [-0.05, 0) is 49.1 Å². The van der Waals surface area contributed by atoms with Crippen LogP contribution in [0.25, 0.3) is 0 Å². The summed E-state index contributed by atoms with van der Waals surface area (Å²) in [6, 6.07) is 14.4. The molecule has 0 bridgehead atoms. The van der Waals surface area contributed by atoms with Crippen molar-refractivity contribution < 1.29 is 14.2 Å². The number of aliphatic hydroxyl groups is 1. The van der Waals surface area contributed by atoms with E-state index < -0.39 is 5.72 Å². The fourth-order valence-corrected chi connectivity index (χ4v) is 2.74. The molecule has 116 valence electrons. The molecular formula is C18H20FNO2. The molecule has 1 unspecified atom stereocenters. The first kappa shape index (κ1) is 15.0. The third-order valence-electron chi connectivity index (χ3n) is 4.09. The molecule has 4 heteroatoms. The van der Waals surface area contributed by atoms with Gasteiger partial charge in [-0.1, -0.05) is 30.3 Å². The van der Waals surface area contributed by atoms with Crippen LogP contribution in [0.5, 0.6) is 5.75 Å². The van der Waals surface area contributed by atoms with Crippen LogP contribution in [0.4, 0.5) is 4.39 Å². The van der Waals surface area contributed by atoms with Crippen LogP contribution in [0.3, 0.4) is 0 Å². The fraction of sp³-hybridized carbons (Fsp3) is 0.333. The minimum absolute atomic E-state index is 0.255. The third kappa shape index (κ3) is 3.29. The number of halogens is 1. The number of nitrogens with one attached hydrogen (secondary N) is 1. The number of rotatable bonds is 4. The number of aryl methyl sites for hydroxylation is 1. The van der Waals surface area contributed by atoms with Gasteiger partial charge < -0.3 is 9.84 Å². The molecule has 0 saturated heterocycles. The molecule has 2 aromatic rings. The van der Waals surface area contributed by atoms with Gasteiger partial charge >= 0.3 is 0 Å². The van der Waals surface area contributed by atoms with E-state index in [1.165, 1.54) is 12.1 Å². The molecule has 2 N–H and O–H groups in total. The van der Waals surface area contributed by atoms with E-state index in [1.54, 1.807) is 13.0 Å². The first-order valence-corrected chi connectivity index (χ1v) is 7.51. The normalized spacial score (nSPS) is 19.9. The van der Waals surface area contributed by atoms with E-state index >= 15 is 0 Å². The standard InChI is InChI=1S/C18H20FNO2/c1-18(21,20-12-13-5-3-2-4-6-13)17-10-7-14-11-15(19)8-9-16(14)22-17/h2-6,8-9,11,17,20-21H,7,10,12H2,1H3/t17-,18?/m0/s1. The predicted octanol–water partition coefficient (Wildman–Crippen LogP) is 3.02. The highest BCUT2D eigenvalue weighted by Crippen LogP contribution is 2.31. The molecule has 0 spiro atoms. The smallest absolute Gasteiger partial charge is 0.150 e. The molecule has 1 aliphatic rings. The molecule has 22 heavy (non-hydrogen) atoms. The summed E-state index contributed by atoms with van der Waals surface area (Å²) in [7, 11) is 0. The summed E-state index contributed by atoms with van der Waals surface area (Å²) in [6.07, 6.45) is 0.973. The van der Waals surface area contributed by atoms with Gasteiger partial charge in [0.15, 0.2) is 5.72 Å². The van der Waals surface area contributed by atoms with Crippen LogP contribution in [0, 0.1) is 5.82 Å². The van der Waals surface area contributed by atoms with Gasteiger partial charge in [-0.3, -0.25) is 5.32 Å². The Bertz CT molecular complexity index is 643. The van der Waals surface area contributed by atoms with Gasteiger partial charge in [0.2, 0.25) is 0 Å². The summed E-state index contributed by atoms with van der Waals surface area (Å²) in [5.74, 6) is 0.397. The lowest BCUT2D eigenvalue weighted by molar-refractivity contribution is -0.0815. The number of hydrogen-bond acceptors (Lipinski definition) is 3. The fourth-order valence-electron chi connectivity index (χ4n) is 2.74. The van der Waals surface area contributed by atoms with Crippen molar-refractivity contribution in [2.75, 3.05) is 0 Å². The maximum absolute atomic E-state index is 13.2. The second kappa shape index (κ2) is 6.07. The molecule has 1 heterocycles. The molecule has 3 rings (SSSR count). The van der Waals surface area contributed by atoms with Gasteiger partial charge in [0.1, 0.15) is 17.7 Å². The minimum atomic E-state index is -1.15. The molecule has 0 radical (unpaired) electrons. The van der Waals surface area contributed by atoms with Crippen LogP contribution in [-0.4, -0.2) is 16.9 Å². The third-order valence-corrected chi connectivity index (χ3v) is 4.09. The highest BCUT2D eigenvalue weighted by molar-refractivity contribution is 5.36. The Labute approximate surface area is 129 Å². The summed E-state index contributed by atoms with van der Waals surface area (Å²) in [5.41, 5.74) is 0.804.